The average Bonchev–Trinajstić information content (AvgIpc) is 2.70. The second kappa shape index (κ2) is 5.75. The van der Waals surface area contributed by atoms with Crippen LogP contribution < -0.4 is 0 Å². The van der Waals surface area contributed by atoms with Gasteiger partial charge in [-0.3, -0.25) is 0 Å². The normalized spacial score (nSPS) is 16.2. The van der Waals surface area contributed by atoms with Gasteiger partial charge < -0.3 is 0 Å². The van der Waals surface area contributed by atoms with Crippen LogP contribution in [0, 0.1) is 0 Å². The van der Waals surface area contributed by atoms with Gasteiger partial charge in [-0.25, -0.2) is 13.4 Å². The molecule has 21 heavy (non-hydrogen) atoms. The highest BCUT2D eigenvalue weighted by Crippen LogP contribution is 2.25. The van der Waals surface area contributed by atoms with Gasteiger partial charge in [-0.1, -0.05) is 35.9 Å². The third-order valence-corrected chi connectivity index (χ3v) is 5.70. The fourth-order valence-corrected chi connectivity index (χ4v) is 4.28. The van der Waals surface area contributed by atoms with E-state index in [2.05, 4.69) is 11.1 Å². The van der Waals surface area contributed by atoms with Gasteiger partial charge in [-0.2, -0.15) is 4.31 Å². The minimum atomic E-state index is -3.54. The van der Waals surface area contributed by atoms with Crippen molar-refractivity contribution in [3.05, 3.63) is 58.9 Å². The summed E-state index contributed by atoms with van der Waals surface area (Å²) in [7, 11) is -3.54. The Bertz CT molecular complexity index is 762. The molecule has 3 rings (SSSR count). The molecule has 1 aromatic heterocycles. The number of aromatic nitrogens is 1. The lowest BCUT2D eigenvalue weighted by Crippen LogP contribution is -2.30. The summed E-state index contributed by atoms with van der Waals surface area (Å²) in [4.78, 5) is 4.03. The first-order valence-electron chi connectivity index (χ1n) is 6.76. The molecule has 0 spiro atoms. The van der Waals surface area contributed by atoms with E-state index >= 15 is 0 Å². The topological polar surface area (TPSA) is 50.3 Å². The lowest BCUT2D eigenvalue weighted by Gasteiger charge is -2.20. The lowest BCUT2D eigenvalue weighted by molar-refractivity contribution is 0.410. The van der Waals surface area contributed by atoms with Crippen molar-refractivity contribution in [1.29, 1.82) is 0 Å². The number of pyridine rings is 1. The molecule has 2 heterocycles. The monoisotopic (exact) mass is 322 g/mol. The van der Waals surface area contributed by atoms with E-state index in [1.807, 2.05) is 18.2 Å². The first kappa shape index (κ1) is 14.5. The van der Waals surface area contributed by atoms with Crippen LogP contribution in [-0.2, 0) is 23.0 Å². The van der Waals surface area contributed by atoms with Gasteiger partial charge in [-0.15, -0.1) is 0 Å². The van der Waals surface area contributed by atoms with Crippen molar-refractivity contribution in [1.82, 2.24) is 9.29 Å². The molecule has 0 saturated heterocycles. The molecule has 1 aromatic carbocycles. The quantitative estimate of drug-likeness (QED) is 0.799. The van der Waals surface area contributed by atoms with Gasteiger partial charge in [-0.05, 0) is 36.1 Å². The van der Waals surface area contributed by atoms with Crippen LogP contribution >= 0.6 is 11.6 Å². The van der Waals surface area contributed by atoms with E-state index in [-0.39, 0.29) is 10.0 Å². The van der Waals surface area contributed by atoms with E-state index in [0.717, 1.165) is 18.4 Å². The summed E-state index contributed by atoms with van der Waals surface area (Å²) in [5.74, 6) is 0. The number of rotatable bonds is 2. The van der Waals surface area contributed by atoms with Gasteiger partial charge in [0.2, 0.25) is 10.0 Å². The smallest absolute Gasteiger partial charge is 0.243 e. The third-order valence-electron chi connectivity index (χ3n) is 3.65. The van der Waals surface area contributed by atoms with Crippen LogP contribution in [0.25, 0.3) is 0 Å². The van der Waals surface area contributed by atoms with Gasteiger partial charge in [0.05, 0.1) is 4.90 Å². The van der Waals surface area contributed by atoms with E-state index in [1.54, 1.807) is 0 Å². The van der Waals surface area contributed by atoms with Crippen LogP contribution in [0.15, 0.2) is 47.5 Å². The molecule has 0 bridgehead atoms. The van der Waals surface area contributed by atoms with Crippen molar-refractivity contribution < 1.29 is 8.42 Å². The second-order valence-electron chi connectivity index (χ2n) is 5.03. The van der Waals surface area contributed by atoms with Crippen molar-refractivity contribution in [2.24, 2.45) is 0 Å². The predicted molar refractivity (Wildman–Crippen MR) is 81.6 cm³/mol. The fourth-order valence-electron chi connectivity index (χ4n) is 2.57. The standard InChI is InChI=1S/C15H15ClN2O2S/c16-15-10-14(7-8-17-15)21(19,20)18-9-3-6-12-4-1-2-5-13(12)11-18/h1-2,4-5,7-8,10H,3,6,9,11H2. The number of halogens is 1. The van der Waals surface area contributed by atoms with Crippen LogP contribution in [0.2, 0.25) is 5.15 Å². The summed E-state index contributed by atoms with van der Waals surface area (Å²) in [6.45, 7) is 0.912. The Morgan fingerprint density at radius 2 is 1.90 bits per heavy atom. The highest BCUT2D eigenvalue weighted by molar-refractivity contribution is 7.89. The van der Waals surface area contributed by atoms with Crippen molar-refractivity contribution in [2.45, 2.75) is 24.3 Å². The number of hydrogen-bond acceptors (Lipinski definition) is 3. The number of aryl methyl sites for hydroxylation is 1. The van der Waals surface area contributed by atoms with E-state index in [1.165, 1.54) is 28.2 Å². The van der Waals surface area contributed by atoms with Gasteiger partial charge >= 0.3 is 0 Å². The summed E-state index contributed by atoms with van der Waals surface area (Å²) in [6.07, 6.45) is 3.13. The van der Waals surface area contributed by atoms with Crippen molar-refractivity contribution in [3.63, 3.8) is 0 Å². The summed E-state index contributed by atoms with van der Waals surface area (Å²) >= 11 is 5.81. The summed E-state index contributed by atoms with van der Waals surface area (Å²) in [5, 5.41) is 0.186. The third kappa shape index (κ3) is 2.95. The zero-order valence-corrected chi connectivity index (χ0v) is 12.9. The minimum Gasteiger partial charge on any atom is -0.244 e. The molecule has 2 aromatic rings. The maximum Gasteiger partial charge on any atom is 0.243 e. The number of sulfonamides is 1. The molecule has 0 aliphatic carbocycles. The molecule has 0 unspecified atom stereocenters. The summed E-state index contributed by atoms with van der Waals surface area (Å²) < 4.78 is 27.0. The second-order valence-corrected chi connectivity index (χ2v) is 7.35. The van der Waals surface area contributed by atoms with Crippen molar-refractivity contribution >= 4 is 21.6 Å². The Hall–Kier alpha value is -1.43. The molecule has 110 valence electrons. The maximum atomic E-state index is 12.7. The molecule has 0 N–H and O–H groups in total. The SMILES string of the molecule is O=S(=O)(c1ccnc(Cl)c1)N1CCCc2ccccc2C1. The van der Waals surface area contributed by atoms with Gasteiger partial charge in [0.15, 0.2) is 0 Å². The average molecular weight is 323 g/mol. The summed E-state index contributed by atoms with van der Waals surface area (Å²) in [6, 6.07) is 10.9. The van der Waals surface area contributed by atoms with Crippen LogP contribution in [-0.4, -0.2) is 24.3 Å². The Morgan fingerprint density at radius 1 is 1.14 bits per heavy atom. The largest absolute Gasteiger partial charge is 0.244 e. The highest BCUT2D eigenvalue weighted by atomic mass is 35.5. The number of nitrogens with zero attached hydrogens (tertiary/aromatic N) is 2. The van der Waals surface area contributed by atoms with Crippen LogP contribution in [0.5, 0.6) is 0 Å². The van der Waals surface area contributed by atoms with Gasteiger partial charge in [0, 0.05) is 19.3 Å². The first-order chi connectivity index (χ1) is 10.1. The number of hydrogen-bond donors (Lipinski definition) is 0. The molecular formula is C15H15ClN2O2S. The van der Waals surface area contributed by atoms with E-state index < -0.39 is 10.0 Å². The molecule has 0 radical (unpaired) electrons. The zero-order chi connectivity index (χ0) is 14.9. The van der Waals surface area contributed by atoms with E-state index in [4.69, 9.17) is 11.6 Å². The Labute approximate surface area is 129 Å². The number of benzene rings is 1. The molecule has 0 saturated carbocycles. The first-order valence-corrected chi connectivity index (χ1v) is 8.58. The molecule has 1 aliphatic heterocycles. The van der Waals surface area contributed by atoms with E-state index in [9.17, 15) is 8.42 Å². The molecule has 4 nitrogen and oxygen atoms in total. The van der Waals surface area contributed by atoms with Crippen LogP contribution in [0.4, 0.5) is 0 Å². The highest BCUT2D eigenvalue weighted by Gasteiger charge is 2.27. The maximum absolute atomic E-state index is 12.7. The minimum absolute atomic E-state index is 0.186. The fraction of sp³-hybridized carbons (Fsp3) is 0.267. The molecule has 0 atom stereocenters. The molecular weight excluding hydrogens is 308 g/mol. The molecule has 0 fully saturated rings. The molecule has 0 amide bonds. The Balaban J connectivity index is 1.96. The molecule has 6 heteroatoms. The van der Waals surface area contributed by atoms with Crippen LogP contribution in [0.1, 0.15) is 17.5 Å². The Morgan fingerprint density at radius 3 is 2.67 bits per heavy atom. The zero-order valence-electron chi connectivity index (χ0n) is 11.4. The van der Waals surface area contributed by atoms with E-state index in [0.29, 0.717) is 13.1 Å². The van der Waals surface area contributed by atoms with Gasteiger partial charge in [0.1, 0.15) is 5.15 Å². The lowest BCUT2D eigenvalue weighted by atomic mass is 10.0. The number of fused-ring (bicyclic) bond motifs is 1. The van der Waals surface area contributed by atoms with Crippen molar-refractivity contribution in [3.8, 4) is 0 Å². The van der Waals surface area contributed by atoms with Crippen LogP contribution in [0.3, 0.4) is 0 Å². The summed E-state index contributed by atoms with van der Waals surface area (Å²) in [5.41, 5.74) is 2.29. The predicted octanol–water partition coefficient (Wildman–Crippen LogP) is 2.87. The molecule has 1 aliphatic rings. The Kier molecular flexibility index (Phi) is 3.97. The van der Waals surface area contributed by atoms with Gasteiger partial charge in [0.25, 0.3) is 0 Å². The van der Waals surface area contributed by atoms with Crippen molar-refractivity contribution in [2.75, 3.05) is 6.54 Å².